The average molecular weight is 461 g/mol. The molecule has 2 aromatic heterocycles. The highest BCUT2D eigenvalue weighted by Gasteiger charge is 2.62. The number of hydrogen-bond donors (Lipinski definition) is 1. The van der Waals surface area contributed by atoms with E-state index < -0.39 is 23.3 Å². The van der Waals surface area contributed by atoms with E-state index in [4.69, 9.17) is 4.42 Å². The van der Waals surface area contributed by atoms with Gasteiger partial charge in [0.05, 0.1) is 5.56 Å². The van der Waals surface area contributed by atoms with Gasteiger partial charge in [-0.25, -0.2) is 9.78 Å². The SMILES string of the molecule is Cc1nnc(C23CC(C[C@@H](C)C2)N3C(=O)Nc2ccc(C(F)(F)F)c(-c3ncn(C)n3)c2)o1. The van der Waals surface area contributed by atoms with E-state index in [1.807, 2.05) is 0 Å². The first-order chi connectivity index (χ1) is 15.6. The summed E-state index contributed by atoms with van der Waals surface area (Å²) in [5, 5.41) is 14.8. The average Bonchev–Trinajstić information content (AvgIpc) is 3.35. The number of halogens is 3. The summed E-state index contributed by atoms with van der Waals surface area (Å²) < 4.78 is 47.7. The van der Waals surface area contributed by atoms with Crippen LogP contribution in [0.1, 0.15) is 43.5 Å². The van der Waals surface area contributed by atoms with Gasteiger partial charge in [0.2, 0.25) is 11.8 Å². The normalized spacial score (nSPS) is 24.5. The molecular weight excluding hydrogens is 439 g/mol. The molecule has 1 aliphatic carbocycles. The van der Waals surface area contributed by atoms with Gasteiger partial charge >= 0.3 is 12.2 Å². The quantitative estimate of drug-likeness (QED) is 0.630. The highest BCUT2D eigenvalue weighted by molar-refractivity contribution is 5.92. The highest BCUT2D eigenvalue weighted by atomic mass is 19.4. The Bertz CT molecular complexity index is 1220. The molecule has 1 aromatic carbocycles. The number of carbonyl (C=O) groups excluding carboxylic acids is 1. The van der Waals surface area contributed by atoms with E-state index in [0.717, 1.165) is 12.5 Å². The zero-order valence-corrected chi connectivity index (χ0v) is 18.2. The summed E-state index contributed by atoms with van der Waals surface area (Å²) in [6.07, 6.45) is -1.06. The number of fused-ring (bicyclic) bond motifs is 2. The van der Waals surface area contributed by atoms with Crippen LogP contribution in [0.25, 0.3) is 11.4 Å². The molecule has 174 valence electrons. The van der Waals surface area contributed by atoms with E-state index in [2.05, 4.69) is 32.5 Å². The van der Waals surface area contributed by atoms with E-state index in [1.54, 1.807) is 18.9 Å². The summed E-state index contributed by atoms with van der Waals surface area (Å²) >= 11 is 0. The number of nitrogens with zero attached hydrogens (tertiary/aromatic N) is 6. The number of rotatable bonds is 3. The van der Waals surface area contributed by atoms with Gasteiger partial charge in [0.15, 0.2) is 5.82 Å². The lowest BCUT2D eigenvalue weighted by Crippen LogP contribution is -2.70. The molecule has 2 bridgehead atoms. The number of hydrogen-bond acceptors (Lipinski definition) is 6. The number of aromatic nitrogens is 5. The summed E-state index contributed by atoms with van der Waals surface area (Å²) in [4.78, 5) is 18.9. The molecule has 12 heteroatoms. The number of urea groups is 1. The lowest BCUT2D eigenvalue weighted by atomic mass is 9.64. The van der Waals surface area contributed by atoms with Crippen molar-refractivity contribution < 1.29 is 22.4 Å². The van der Waals surface area contributed by atoms with Gasteiger partial charge in [-0.05, 0) is 37.0 Å². The number of piperidine rings is 1. The standard InChI is InChI=1S/C21H22F3N7O2/c1-11-6-14-9-20(8-11,18-28-27-12(2)33-18)31(14)19(32)26-13-4-5-16(21(22,23)24)15(7-13)17-25-10-30(3)29-17/h4-5,7,10-11,14H,6,8-9H2,1-3H3,(H,26,32)/t11-,14?,20?/m1/s1. The monoisotopic (exact) mass is 461 g/mol. The van der Waals surface area contributed by atoms with Crippen LogP contribution in [0.2, 0.25) is 0 Å². The first-order valence-corrected chi connectivity index (χ1v) is 10.5. The summed E-state index contributed by atoms with van der Waals surface area (Å²) in [6.45, 7) is 3.80. The van der Waals surface area contributed by atoms with Crippen LogP contribution in [0.3, 0.4) is 0 Å². The molecule has 2 amide bonds. The smallest absolute Gasteiger partial charge is 0.417 e. The van der Waals surface area contributed by atoms with Crippen molar-refractivity contribution in [2.75, 3.05) is 5.32 Å². The number of carbonyl (C=O) groups is 1. The zero-order chi connectivity index (χ0) is 23.5. The lowest BCUT2D eigenvalue weighted by molar-refractivity contribution is -0.137. The van der Waals surface area contributed by atoms with Gasteiger partial charge in [0.25, 0.3) is 0 Å². The Kier molecular flexibility index (Phi) is 4.73. The van der Waals surface area contributed by atoms with E-state index in [9.17, 15) is 18.0 Å². The fourth-order valence-electron chi connectivity index (χ4n) is 5.13. The van der Waals surface area contributed by atoms with Gasteiger partial charge in [0, 0.05) is 37.7 Å². The maximum atomic E-state index is 13.6. The highest BCUT2D eigenvalue weighted by Crippen LogP contribution is 2.55. The van der Waals surface area contributed by atoms with Gasteiger partial charge < -0.3 is 14.6 Å². The van der Waals surface area contributed by atoms with Crippen LogP contribution in [0, 0.1) is 12.8 Å². The Hall–Kier alpha value is -3.44. The molecule has 0 spiro atoms. The van der Waals surface area contributed by atoms with Crippen LogP contribution in [-0.2, 0) is 18.8 Å². The van der Waals surface area contributed by atoms with E-state index >= 15 is 0 Å². The minimum absolute atomic E-state index is 0.00710. The molecular formula is C21H22F3N7O2. The van der Waals surface area contributed by atoms with Gasteiger partial charge in [-0.1, -0.05) is 6.92 Å². The topological polar surface area (TPSA) is 102 Å². The lowest BCUT2D eigenvalue weighted by Gasteiger charge is -2.61. The molecule has 1 N–H and O–H groups in total. The fourth-order valence-corrected chi connectivity index (χ4v) is 5.13. The predicted octanol–water partition coefficient (Wildman–Crippen LogP) is 4.12. The number of amides is 2. The van der Waals surface area contributed by atoms with E-state index in [1.165, 1.54) is 23.1 Å². The maximum absolute atomic E-state index is 13.6. The van der Waals surface area contributed by atoms with Crippen molar-refractivity contribution in [3.63, 3.8) is 0 Å². The van der Waals surface area contributed by atoms with Crippen molar-refractivity contribution >= 4 is 11.7 Å². The Morgan fingerprint density at radius 2 is 2.06 bits per heavy atom. The van der Waals surface area contributed by atoms with Crippen molar-refractivity contribution in [1.29, 1.82) is 0 Å². The van der Waals surface area contributed by atoms with Crippen LogP contribution in [0.15, 0.2) is 28.9 Å². The van der Waals surface area contributed by atoms with Crippen molar-refractivity contribution in [1.82, 2.24) is 29.9 Å². The van der Waals surface area contributed by atoms with Crippen molar-refractivity contribution in [2.24, 2.45) is 13.0 Å². The maximum Gasteiger partial charge on any atom is 0.417 e. The number of anilines is 1. The van der Waals surface area contributed by atoms with Gasteiger partial charge in [-0.3, -0.25) is 4.68 Å². The first-order valence-electron chi connectivity index (χ1n) is 10.5. The second-order valence-electron chi connectivity index (χ2n) is 8.86. The van der Waals surface area contributed by atoms with E-state index in [0.29, 0.717) is 30.5 Å². The minimum Gasteiger partial charge on any atom is -0.423 e. The molecule has 2 fully saturated rings. The zero-order valence-electron chi connectivity index (χ0n) is 18.2. The summed E-state index contributed by atoms with van der Waals surface area (Å²) in [6, 6.07) is 2.98. The Labute approximate surface area is 187 Å². The molecule has 5 rings (SSSR count). The Morgan fingerprint density at radius 3 is 2.70 bits per heavy atom. The first kappa shape index (κ1) is 21.4. The third-order valence-electron chi connectivity index (χ3n) is 6.32. The minimum atomic E-state index is -4.60. The molecule has 0 radical (unpaired) electrons. The van der Waals surface area contributed by atoms with E-state index in [-0.39, 0.29) is 23.1 Å². The molecule has 1 saturated carbocycles. The number of nitrogens with one attached hydrogen (secondary N) is 1. The largest absolute Gasteiger partial charge is 0.423 e. The number of aryl methyl sites for hydroxylation is 2. The van der Waals surface area contributed by atoms with Crippen LogP contribution < -0.4 is 5.32 Å². The molecule has 3 aromatic rings. The summed E-state index contributed by atoms with van der Waals surface area (Å²) in [5.41, 5.74) is -1.57. The second kappa shape index (κ2) is 7.29. The number of benzene rings is 1. The van der Waals surface area contributed by atoms with Crippen LogP contribution in [-0.4, -0.2) is 41.9 Å². The molecule has 2 unspecified atom stereocenters. The van der Waals surface area contributed by atoms with Gasteiger partial charge in [-0.15, -0.1) is 10.2 Å². The van der Waals surface area contributed by atoms with Gasteiger partial charge in [0.1, 0.15) is 11.9 Å². The summed E-state index contributed by atoms with van der Waals surface area (Å²) in [7, 11) is 1.57. The second-order valence-corrected chi connectivity index (χ2v) is 8.86. The van der Waals surface area contributed by atoms with Crippen molar-refractivity contribution in [3.05, 3.63) is 41.9 Å². The van der Waals surface area contributed by atoms with Crippen LogP contribution in [0.4, 0.5) is 23.7 Å². The van der Waals surface area contributed by atoms with Crippen LogP contribution >= 0.6 is 0 Å². The molecule has 3 heterocycles. The third-order valence-corrected chi connectivity index (χ3v) is 6.32. The third kappa shape index (κ3) is 3.53. The molecule has 1 aliphatic heterocycles. The van der Waals surface area contributed by atoms with Gasteiger partial charge in [-0.2, -0.15) is 18.3 Å². The molecule has 3 atom stereocenters. The predicted molar refractivity (Wildman–Crippen MR) is 110 cm³/mol. The Balaban J connectivity index is 1.46. The van der Waals surface area contributed by atoms with Crippen molar-refractivity contribution in [3.8, 4) is 11.4 Å². The molecule has 9 nitrogen and oxygen atoms in total. The van der Waals surface area contributed by atoms with Crippen molar-refractivity contribution in [2.45, 2.75) is 50.9 Å². The van der Waals surface area contributed by atoms with Crippen LogP contribution in [0.5, 0.6) is 0 Å². The number of alkyl halides is 3. The number of likely N-dealkylation sites (tertiary alicyclic amines) is 1. The molecule has 1 saturated heterocycles. The fraction of sp³-hybridized carbons (Fsp3) is 0.476. The molecule has 33 heavy (non-hydrogen) atoms. The summed E-state index contributed by atoms with van der Waals surface area (Å²) in [5.74, 6) is 1.10. The molecule has 2 aliphatic rings. The Morgan fingerprint density at radius 1 is 1.27 bits per heavy atom.